The molecule has 0 bridgehead atoms. The molecular formula is C18H21N6O5+. The summed E-state index contributed by atoms with van der Waals surface area (Å²) in [4.78, 5) is 43.1. The number of amides is 4. The van der Waals surface area contributed by atoms with Crippen molar-refractivity contribution >= 4 is 36.2 Å². The molecular weight excluding hydrogens is 380 g/mol. The molecule has 2 aliphatic rings. The number of hydrogen-bond donors (Lipinski definition) is 1. The van der Waals surface area contributed by atoms with Crippen LogP contribution < -0.4 is 14.9 Å². The van der Waals surface area contributed by atoms with Gasteiger partial charge in [0, 0.05) is 19.7 Å². The lowest BCUT2D eigenvalue weighted by Gasteiger charge is -2.30. The highest BCUT2D eigenvalue weighted by atomic mass is 16.5. The Morgan fingerprint density at radius 1 is 1.28 bits per heavy atom. The largest absolute Gasteiger partial charge is 0.497 e. The molecule has 0 aromatic heterocycles. The first-order valence-corrected chi connectivity index (χ1v) is 8.63. The van der Waals surface area contributed by atoms with E-state index in [1.807, 2.05) is 0 Å². The number of ether oxygens (including phenoxy) is 2. The number of amidine groups is 1. The van der Waals surface area contributed by atoms with Crippen molar-refractivity contribution < 1.29 is 28.4 Å². The monoisotopic (exact) mass is 401 g/mol. The second-order valence-electron chi connectivity index (χ2n) is 6.32. The maximum atomic E-state index is 12.4. The highest BCUT2D eigenvalue weighted by Gasteiger charge is 2.50. The van der Waals surface area contributed by atoms with Gasteiger partial charge in [-0.3, -0.25) is 19.4 Å². The lowest BCUT2D eigenvalue weighted by atomic mass is 10.1. The third kappa shape index (κ3) is 3.79. The SMILES string of the molecule is COc1ccc(OC)c(/C=N/NC(=O)C[N+]2=CN=C3C2C(=O)N(C)C(=O)N3C)c1. The number of imide groups is 1. The summed E-state index contributed by atoms with van der Waals surface area (Å²) in [6, 6.07) is 3.89. The fourth-order valence-corrected chi connectivity index (χ4v) is 2.99. The fourth-order valence-electron chi connectivity index (χ4n) is 2.99. The molecule has 1 aromatic carbocycles. The number of benzene rings is 1. The summed E-state index contributed by atoms with van der Waals surface area (Å²) in [6.07, 6.45) is 2.80. The third-order valence-corrected chi connectivity index (χ3v) is 4.55. The molecule has 4 amide bonds. The lowest BCUT2D eigenvalue weighted by molar-refractivity contribution is -0.519. The average molecular weight is 401 g/mol. The summed E-state index contributed by atoms with van der Waals surface area (Å²) >= 11 is 0. The van der Waals surface area contributed by atoms with E-state index in [0.717, 1.165) is 4.90 Å². The third-order valence-electron chi connectivity index (χ3n) is 4.55. The molecule has 1 aromatic rings. The molecule has 152 valence electrons. The van der Waals surface area contributed by atoms with Gasteiger partial charge in [0.15, 0.2) is 6.54 Å². The van der Waals surface area contributed by atoms with E-state index in [1.165, 1.54) is 43.2 Å². The molecule has 1 unspecified atom stereocenters. The Bertz CT molecular complexity index is 954. The number of urea groups is 1. The van der Waals surface area contributed by atoms with E-state index in [9.17, 15) is 14.4 Å². The zero-order valence-electron chi connectivity index (χ0n) is 16.4. The Kier molecular flexibility index (Phi) is 5.57. The number of hydrazone groups is 1. The zero-order valence-corrected chi connectivity index (χ0v) is 16.4. The van der Waals surface area contributed by atoms with Gasteiger partial charge in [-0.2, -0.15) is 5.10 Å². The number of carbonyl (C=O) groups excluding carboxylic acids is 3. The summed E-state index contributed by atoms with van der Waals surface area (Å²) in [7, 11) is 5.99. The van der Waals surface area contributed by atoms with Crippen LogP contribution in [0.3, 0.4) is 0 Å². The van der Waals surface area contributed by atoms with E-state index < -0.39 is 23.9 Å². The van der Waals surface area contributed by atoms with Crippen molar-refractivity contribution in [2.45, 2.75) is 6.04 Å². The Morgan fingerprint density at radius 3 is 2.72 bits per heavy atom. The van der Waals surface area contributed by atoms with Gasteiger partial charge in [0.05, 0.1) is 20.4 Å². The van der Waals surface area contributed by atoms with Crippen molar-refractivity contribution in [1.82, 2.24) is 15.2 Å². The molecule has 3 rings (SSSR count). The quantitative estimate of drug-likeness (QED) is 0.392. The predicted octanol–water partition coefficient (Wildman–Crippen LogP) is -0.501. The van der Waals surface area contributed by atoms with Crippen LogP contribution in [-0.4, -0.2) is 91.5 Å². The molecule has 2 heterocycles. The number of carbonyl (C=O) groups is 3. The van der Waals surface area contributed by atoms with Crippen molar-refractivity contribution in [3.05, 3.63) is 23.8 Å². The van der Waals surface area contributed by atoms with Crippen LogP contribution in [0.4, 0.5) is 4.79 Å². The maximum absolute atomic E-state index is 12.4. The maximum Gasteiger partial charge on any atom is 0.333 e. The van der Waals surface area contributed by atoms with E-state index in [1.54, 1.807) is 25.3 Å². The summed E-state index contributed by atoms with van der Waals surface area (Å²) < 4.78 is 11.9. The zero-order chi connectivity index (χ0) is 21.1. The second kappa shape index (κ2) is 8.09. The minimum absolute atomic E-state index is 0.161. The number of aliphatic imine (C=N–C) groups is 1. The van der Waals surface area contributed by atoms with Gasteiger partial charge in [0.1, 0.15) is 11.5 Å². The van der Waals surface area contributed by atoms with E-state index in [-0.39, 0.29) is 12.4 Å². The number of rotatable bonds is 6. The number of fused-ring (bicyclic) bond motifs is 1. The predicted molar refractivity (Wildman–Crippen MR) is 104 cm³/mol. The Hall–Kier alpha value is -3.76. The van der Waals surface area contributed by atoms with E-state index in [2.05, 4.69) is 15.5 Å². The van der Waals surface area contributed by atoms with E-state index >= 15 is 0 Å². The van der Waals surface area contributed by atoms with Crippen molar-refractivity contribution in [1.29, 1.82) is 0 Å². The Labute approximate surface area is 166 Å². The number of hydrogen-bond acceptors (Lipinski definition) is 7. The minimum atomic E-state index is -0.823. The normalized spacial score (nSPS) is 18.6. The van der Waals surface area contributed by atoms with Crippen LogP contribution in [0.25, 0.3) is 0 Å². The van der Waals surface area contributed by atoms with Gasteiger partial charge in [-0.25, -0.2) is 14.8 Å². The van der Waals surface area contributed by atoms with Crippen molar-refractivity contribution in [2.75, 3.05) is 34.9 Å². The van der Waals surface area contributed by atoms with Crippen LogP contribution in [0.2, 0.25) is 0 Å². The second-order valence-corrected chi connectivity index (χ2v) is 6.32. The Morgan fingerprint density at radius 2 is 2.03 bits per heavy atom. The van der Waals surface area contributed by atoms with Gasteiger partial charge < -0.3 is 9.47 Å². The average Bonchev–Trinajstić information content (AvgIpc) is 3.14. The summed E-state index contributed by atoms with van der Waals surface area (Å²) in [5, 5.41) is 3.93. The lowest BCUT2D eigenvalue weighted by Crippen LogP contribution is -2.61. The molecule has 0 spiro atoms. The van der Waals surface area contributed by atoms with E-state index in [0.29, 0.717) is 17.1 Å². The molecule has 2 aliphatic heterocycles. The van der Waals surface area contributed by atoms with Crippen LogP contribution >= 0.6 is 0 Å². The number of nitrogens with zero attached hydrogens (tertiary/aromatic N) is 5. The van der Waals surface area contributed by atoms with Gasteiger partial charge in [-0.15, -0.1) is 0 Å². The molecule has 0 aliphatic carbocycles. The van der Waals surface area contributed by atoms with Crippen molar-refractivity contribution in [2.24, 2.45) is 10.1 Å². The molecule has 11 heteroatoms. The first-order valence-electron chi connectivity index (χ1n) is 8.63. The first-order chi connectivity index (χ1) is 13.9. The summed E-state index contributed by atoms with van der Waals surface area (Å²) in [6.45, 7) is -0.161. The van der Waals surface area contributed by atoms with Gasteiger partial charge >= 0.3 is 6.03 Å². The highest BCUT2D eigenvalue weighted by Crippen LogP contribution is 2.22. The van der Waals surface area contributed by atoms with Crippen molar-refractivity contribution in [3.63, 3.8) is 0 Å². The number of nitrogens with one attached hydrogen (secondary N) is 1. The summed E-state index contributed by atoms with van der Waals surface area (Å²) in [5.74, 6) is 0.575. The van der Waals surface area contributed by atoms with Crippen LogP contribution in [0.15, 0.2) is 28.3 Å². The molecule has 1 saturated heterocycles. The molecule has 11 nitrogen and oxygen atoms in total. The van der Waals surface area contributed by atoms with Gasteiger partial charge in [0.2, 0.25) is 0 Å². The van der Waals surface area contributed by atoms with E-state index in [4.69, 9.17) is 9.47 Å². The van der Waals surface area contributed by atoms with Gasteiger partial charge in [-0.05, 0) is 23.2 Å². The smallest absolute Gasteiger partial charge is 0.333 e. The molecule has 0 radical (unpaired) electrons. The van der Waals surface area contributed by atoms with Crippen molar-refractivity contribution in [3.8, 4) is 11.5 Å². The molecule has 0 saturated carbocycles. The van der Waals surface area contributed by atoms with Crippen LogP contribution in [0.5, 0.6) is 11.5 Å². The Balaban J connectivity index is 1.65. The summed E-state index contributed by atoms with van der Waals surface area (Å²) in [5.41, 5.74) is 3.02. The standard InChI is InChI=1S/C18H20N6O5/c1-22-16-15(17(26)23(2)18(22)27)24(10-19-16)9-14(25)21-20-8-11-7-12(28-3)5-6-13(11)29-4/h5-8,10,15H,9H2,1-4H3/p+1/b20-8+. The number of methoxy groups -OCH3 is 2. The molecule has 29 heavy (non-hydrogen) atoms. The fraction of sp³-hybridized carbons (Fsp3) is 0.333. The first kappa shape index (κ1) is 20.0. The minimum Gasteiger partial charge on any atom is -0.497 e. The molecule has 1 N–H and O–H groups in total. The van der Waals surface area contributed by atoms with Gasteiger partial charge in [-0.1, -0.05) is 0 Å². The molecule has 1 fully saturated rings. The van der Waals surface area contributed by atoms with Gasteiger partial charge in [0.25, 0.3) is 30.0 Å². The van der Waals surface area contributed by atoms with Crippen LogP contribution in [0, 0.1) is 0 Å². The number of likely N-dealkylation sites (N-methyl/N-ethyl adjacent to an activating group) is 2. The molecule has 1 atom stereocenters. The highest BCUT2D eigenvalue weighted by molar-refractivity contribution is 6.21. The van der Waals surface area contributed by atoms with Crippen LogP contribution in [-0.2, 0) is 9.59 Å². The van der Waals surface area contributed by atoms with Crippen LogP contribution in [0.1, 0.15) is 5.56 Å². The topological polar surface area (TPSA) is 116 Å².